The molecule has 0 aromatic heterocycles. The summed E-state index contributed by atoms with van der Waals surface area (Å²) in [5, 5.41) is 0. The zero-order valence-electron chi connectivity index (χ0n) is 9.64. The van der Waals surface area contributed by atoms with Crippen LogP contribution in [-0.4, -0.2) is 20.7 Å². The number of rotatable bonds is 3. The second kappa shape index (κ2) is 6.71. The predicted octanol–water partition coefficient (Wildman–Crippen LogP) is 3.84. The van der Waals surface area contributed by atoms with Crippen LogP contribution in [0.15, 0.2) is 24.3 Å². The molecule has 1 rings (SSSR count). The molecule has 0 unspecified atom stereocenters. The first-order chi connectivity index (χ1) is 8.40. The zero-order valence-corrected chi connectivity index (χ0v) is 11.4. The minimum Gasteiger partial charge on any atom is -0.406 e. The fourth-order valence-corrected chi connectivity index (χ4v) is 1.85. The molecule has 0 heterocycles. The molecule has 0 amide bonds. The highest BCUT2D eigenvalue weighted by Gasteiger charge is 2.30. The van der Waals surface area contributed by atoms with Gasteiger partial charge in [-0.3, -0.25) is 0 Å². The summed E-state index contributed by atoms with van der Waals surface area (Å²) >= 11 is 5.67. The quantitative estimate of drug-likeness (QED) is 0.467. The van der Waals surface area contributed by atoms with Gasteiger partial charge in [-0.05, 0) is 24.3 Å². The number of alkyl halides is 4. The van der Waals surface area contributed by atoms with Gasteiger partial charge in [0.1, 0.15) is 5.75 Å². The number of benzene rings is 1. The van der Waals surface area contributed by atoms with Crippen molar-refractivity contribution in [2.45, 2.75) is 19.0 Å². The van der Waals surface area contributed by atoms with Crippen molar-refractivity contribution in [3.63, 3.8) is 0 Å². The minimum atomic E-state index is -4.66. The van der Waals surface area contributed by atoms with E-state index in [2.05, 4.69) is 23.1 Å². The number of hydrogen-bond acceptors (Lipinski definition) is 1. The maximum absolute atomic E-state index is 11.9. The Kier molecular flexibility index (Phi) is 5.57. The lowest BCUT2D eigenvalue weighted by molar-refractivity contribution is -0.274. The summed E-state index contributed by atoms with van der Waals surface area (Å²) in [6.45, 7) is 2.08. The van der Waals surface area contributed by atoms with E-state index in [-0.39, 0.29) is 5.75 Å². The van der Waals surface area contributed by atoms with Crippen LogP contribution in [0, 0.1) is 11.8 Å². The summed E-state index contributed by atoms with van der Waals surface area (Å²) in [5.74, 6) is 5.61. The van der Waals surface area contributed by atoms with Crippen LogP contribution >= 0.6 is 11.6 Å². The van der Waals surface area contributed by atoms with Crippen LogP contribution in [0.2, 0.25) is 12.6 Å². The fraction of sp³-hybridized carbons (Fsp3) is 0.333. The van der Waals surface area contributed by atoms with Crippen molar-refractivity contribution < 1.29 is 17.9 Å². The summed E-state index contributed by atoms with van der Waals surface area (Å²) in [4.78, 5) is 0. The Labute approximate surface area is 111 Å². The van der Waals surface area contributed by atoms with Gasteiger partial charge in [0.25, 0.3) is 0 Å². The van der Waals surface area contributed by atoms with Crippen LogP contribution in [-0.2, 0) is 0 Å². The number of ether oxygens (including phenoxy) is 1. The monoisotopic (exact) mass is 291 g/mol. The Morgan fingerprint density at radius 3 is 2.39 bits per heavy atom. The van der Waals surface area contributed by atoms with Crippen LogP contribution in [0.5, 0.6) is 5.75 Å². The largest absolute Gasteiger partial charge is 0.573 e. The van der Waals surface area contributed by atoms with Crippen LogP contribution in [0.1, 0.15) is 5.56 Å². The second-order valence-electron chi connectivity index (χ2n) is 3.64. The van der Waals surface area contributed by atoms with Gasteiger partial charge in [-0.25, -0.2) is 0 Å². The van der Waals surface area contributed by atoms with Crippen LogP contribution in [0.3, 0.4) is 0 Å². The smallest absolute Gasteiger partial charge is 0.406 e. The van der Waals surface area contributed by atoms with E-state index in [1.54, 1.807) is 0 Å². The van der Waals surface area contributed by atoms with E-state index in [1.807, 2.05) is 0 Å². The van der Waals surface area contributed by atoms with Crippen molar-refractivity contribution >= 4 is 20.4 Å². The van der Waals surface area contributed by atoms with Crippen molar-refractivity contribution in [3.8, 4) is 17.6 Å². The topological polar surface area (TPSA) is 9.23 Å². The van der Waals surface area contributed by atoms with E-state index in [0.29, 0.717) is 11.1 Å². The third-order valence-corrected chi connectivity index (χ3v) is 4.54. The Balaban J connectivity index is 2.60. The molecule has 0 saturated carbocycles. The lowest BCUT2D eigenvalue weighted by atomic mass is 10.2. The van der Waals surface area contributed by atoms with Crippen LogP contribution < -0.4 is 4.74 Å². The molecule has 0 spiro atoms. The molecule has 0 N–H and O–H groups in total. The van der Waals surface area contributed by atoms with E-state index >= 15 is 0 Å². The van der Waals surface area contributed by atoms with Crippen LogP contribution in [0.25, 0.3) is 0 Å². The van der Waals surface area contributed by atoms with Gasteiger partial charge in [-0.15, -0.1) is 30.7 Å². The SMILES string of the molecule is C[Si](CCl)CC#Cc1ccc(OC(F)(F)F)cc1. The van der Waals surface area contributed by atoms with Gasteiger partial charge in [-0.2, -0.15) is 0 Å². The molecule has 0 aliphatic carbocycles. The van der Waals surface area contributed by atoms with Crippen molar-refractivity contribution in [1.29, 1.82) is 0 Å². The summed E-state index contributed by atoms with van der Waals surface area (Å²) in [7, 11) is -0.612. The average Bonchev–Trinajstić information content (AvgIpc) is 2.29. The zero-order chi connectivity index (χ0) is 13.6. The molecule has 0 aliphatic heterocycles. The number of halogens is 4. The summed E-state index contributed by atoms with van der Waals surface area (Å²) < 4.78 is 39.5. The first-order valence-electron chi connectivity index (χ1n) is 5.12. The highest BCUT2D eigenvalue weighted by atomic mass is 35.5. The van der Waals surface area contributed by atoms with Gasteiger partial charge < -0.3 is 4.74 Å². The highest BCUT2D eigenvalue weighted by molar-refractivity contribution is 6.66. The summed E-state index contributed by atoms with van der Waals surface area (Å²) in [5.41, 5.74) is 1.30. The predicted molar refractivity (Wildman–Crippen MR) is 67.1 cm³/mol. The van der Waals surface area contributed by atoms with E-state index in [4.69, 9.17) is 11.6 Å². The van der Waals surface area contributed by atoms with E-state index in [0.717, 1.165) is 6.04 Å². The molecular weight excluding hydrogens is 281 g/mol. The van der Waals surface area contributed by atoms with Gasteiger partial charge in [0.15, 0.2) is 0 Å². The molecule has 0 aliphatic rings. The Morgan fingerprint density at radius 2 is 1.89 bits per heavy atom. The fourth-order valence-electron chi connectivity index (χ4n) is 1.08. The van der Waals surface area contributed by atoms with Crippen molar-refractivity contribution in [1.82, 2.24) is 0 Å². The average molecular weight is 292 g/mol. The molecule has 1 aromatic rings. The maximum Gasteiger partial charge on any atom is 0.573 e. The van der Waals surface area contributed by atoms with Gasteiger partial charge in [0.2, 0.25) is 0 Å². The van der Waals surface area contributed by atoms with E-state index in [1.165, 1.54) is 24.3 Å². The molecule has 1 aromatic carbocycles. The molecule has 0 bridgehead atoms. The molecule has 18 heavy (non-hydrogen) atoms. The lowest BCUT2D eigenvalue weighted by Gasteiger charge is -2.08. The third-order valence-electron chi connectivity index (χ3n) is 1.94. The van der Waals surface area contributed by atoms with Gasteiger partial charge in [-0.1, -0.05) is 12.5 Å². The molecule has 6 heteroatoms. The molecule has 97 valence electrons. The molecule has 0 saturated heterocycles. The normalized spacial score (nSPS) is 11.0. The van der Waals surface area contributed by atoms with Gasteiger partial charge in [0.05, 0.1) is 8.80 Å². The van der Waals surface area contributed by atoms with E-state index < -0.39 is 15.2 Å². The van der Waals surface area contributed by atoms with Crippen molar-refractivity contribution in [2.24, 2.45) is 0 Å². The van der Waals surface area contributed by atoms with Gasteiger partial charge in [0, 0.05) is 17.1 Å². The molecule has 1 radical (unpaired) electrons. The lowest BCUT2D eigenvalue weighted by Crippen LogP contribution is -2.16. The molecule has 1 nitrogen and oxygen atoms in total. The maximum atomic E-state index is 11.9. The van der Waals surface area contributed by atoms with Crippen LogP contribution in [0.4, 0.5) is 13.2 Å². The third kappa shape index (κ3) is 5.99. The molecule has 0 atom stereocenters. The van der Waals surface area contributed by atoms with Gasteiger partial charge >= 0.3 is 6.36 Å². The van der Waals surface area contributed by atoms with E-state index in [9.17, 15) is 13.2 Å². The minimum absolute atomic E-state index is 0.242. The Bertz CT molecular complexity index is 433. The first kappa shape index (κ1) is 14.9. The number of hydrogen-bond donors (Lipinski definition) is 0. The molecular formula is C12H11ClF3OSi. The highest BCUT2D eigenvalue weighted by Crippen LogP contribution is 2.22. The Morgan fingerprint density at radius 1 is 1.28 bits per heavy atom. The standard InChI is InChI=1S/C12H11ClF3OSi/c1-18(9-13)8-2-3-10-4-6-11(7-5-10)17-12(14,15)16/h4-7H,8-9H2,1H3. The van der Waals surface area contributed by atoms with Crippen molar-refractivity contribution in [2.75, 3.05) is 5.50 Å². The first-order valence-corrected chi connectivity index (χ1v) is 8.07. The second-order valence-corrected chi connectivity index (χ2v) is 6.98. The Hall–Kier alpha value is -1.12. The molecule has 0 fully saturated rings. The summed E-state index contributed by atoms with van der Waals surface area (Å²) in [6, 6.07) is 6.25. The van der Waals surface area contributed by atoms with Crippen molar-refractivity contribution in [3.05, 3.63) is 29.8 Å². The summed E-state index contributed by atoms with van der Waals surface area (Å²) in [6.07, 6.45) is -4.66.